The van der Waals surface area contributed by atoms with Gasteiger partial charge in [0, 0.05) is 18.0 Å². The molecule has 4 nitrogen and oxygen atoms in total. The highest BCUT2D eigenvalue weighted by Crippen LogP contribution is 2.08. The van der Waals surface area contributed by atoms with E-state index in [1.54, 1.807) is 6.08 Å². The molecule has 0 aromatic rings. The number of hydrogen-bond acceptors (Lipinski definition) is 2. The van der Waals surface area contributed by atoms with Crippen LogP contribution in [-0.2, 0) is 9.59 Å². The number of nitrogens with one attached hydrogen (secondary N) is 2. The lowest BCUT2D eigenvalue weighted by Crippen LogP contribution is -2.42. The number of carbonyl (C=O) groups excluding carboxylic acids is 2. The van der Waals surface area contributed by atoms with Gasteiger partial charge in [-0.3, -0.25) is 9.59 Å². The predicted molar refractivity (Wildman–Crippen MR) is 69.5 cm³/mol. The Balaban J connectivity index is 4.19. The van der Waals surface area contributed by atoms with Crippen LogP contribution in [-0.4, -0.2) is 22.9 Å². The minimum absolute atomic E-state index is 0.0671. The third-order valence-corrected chi connectivity index (χ3v) is 1.91. The molecular formula is C13H24N2O2. The van der Waals surface area contributed by atoms with E-state index in [0.29, 0.717) is 6.42 Å². The second-order valence-corrected chi connectivity index (χ2v) is 5.91. The fraction of sp³-hybridized carbons (Fsp3) is 0.692. The average Bonchev–Trinajstić information content (AvgIpc) is 1.95. The molecule has 17 heavy (non-hydrogen) atoms. The summed E-state index contributed by atoms with van der Waals surface area (Å²) in [6, 6.07) is 0. The summed E-state index contributed by atoms with van der Waals surface area (Å²) >= 11 is 0. The first-order chi connectivity index (χ1) is 7.52. The van der Waals surface area contributed by atoms with Crippen molar-refractivity contribution in [3.8, 4) is 0 Å². The summed E-state index contributed by atoms with van der Waals surface area (Å²) in [5, 5.41) is 5.65. The molecule has 0 aromatic carbocycles. The number of hydrogen-bond donors (Lipinski definition) is 2. The Bertz CT molecular complexity index is 312. The zero-order valence-electron chi connectivity index (χ0n) is 11.7. The second-order valence-electron chi connectivity index (χ2n) is 5.91. The van der Waals surface area contributed by atoms with Gasteiger partial charge < -0.3 is 10.6 Å². The lowest BCUT2D eigenvalue weighted by molar-refractivity contribution is -0.120. The Kier molecular flexibility index (Phi) is 5.39. The first-order valence-corrected chi connectivity index (χ1v) is 5.79. The lowest BCUT2D eigenvalue weighted by Gasteiger charge is -2.24. The molecule has 0 rings (SSSR count). The van der Waals surface area contributed by atoms with Crippen molar-refractivity contribution >= 4 is 11.8 Å². The van der Waals surface area contributed by atoms with Gasteiger partial charge >= 0.3 is 0 Å². The molecule has 2 amide bonds. The summed E-state index contributed by atoms with van der Waals surface area (Å²) in [5.74, 6) is -0.182. The van der Waals surface area contributed by atoms with E-state index < -0.39 is 0 Å². The van der Waals surface area contributed by atoms with Crippen molar-refractivity contribution in [1.29, 1.82) is 0 Å². The Morgan fingerprint density at radius 1 is 1.06 bits per heavy atom. The van der Waals surface area contributed by atoms with Crippen LogP contribution >= 0.6 is 0 Å². The van der Waals surface area contributed by atoms with Gasteiger partial charge in [0.1, 0.15) is 0 Å². The number of rotatable bonds is 4. The molecule has 0 saturated heterocycles. The SMILES string of the molecule is CC(=O)NC(C)(C)C/C=C\C(=O)NC(C)(C)C. The maximum atomic E-state index is 11.5. The Hall–Kier alpha value is -1.32. The van der Waals surface area contributed by atoms with Crippen molar-refractivity contribution in [3.05, 3.63) is 12.2 Å². The molecule has 0 heterocycles. The fourth-order valence-corrected chi connectivity index (χ4v) is 1.40. The lowest BCUT2D eigenvalue weighted by atomic mass is 10.0. The van der Waals surface area contributed by atoms with Gasteiger partial charge in [-0.2, -0.15) is 0 Å². The molecule has 0 radical (unpaired) electrons. The molecule has 2 N–H and O–H groups in total. The smallest absolute Gasteiger partial charge is 0.244 e. The Morgan fingerprint density at radius 2 is 1.59 bits per heavy atom. The first kappa shape index (κ1) is 15.7. The van der Waals surface area contributed by atoms with Crippen LogP contribution in [0, 0.1) is 0 Å². The molecular weight excluding hydrogens is 216 g/mol. The molecule has 0 spiro atoms. The molecule has 0 unspecified atom stereocenters. The van der Waals surface area contributed by atoms with Gasteiger partial charge in [-0.05, 0) is 47.1 Å². The molecule has 0 aliphatic heterocycles. The summed E-state index contributed by atoms with van der Waals surface area (Å²) in [5.41, 5.74) is -0.557. The van der Waals surface area contributed by atoms with Crippen molar-refractivity contribution in [3.63, 3.8) is 0 Å². The van der Waals surface area contributed by atoms with E-state index in [1.807, 2.05) is 34.6 Å². The van der Waals surface area contributed by atoms with Crippen molar-refractivity contribution < 1.29 is 9.59 Å². The molecule has 0 aromatic heterocycles. The molecule has 0 bridgehead atoms. The van der Waals surface area contributed by atoms with Gasteiger partial charge in [0.05, 0.1) is 0 Å². The minimum Gasteiger partial charge on any atom is -0.351 e. The monoisotopic (exact) mass is 240 g/mol. The minimum atomic E-state index is -0.329. The highest BCUT2D eigenvalue weighted by atomic mass is 16.2. The van der Waals surface area contributed by atoms with Crippen LogP contribution < -0.4 is 10.6 Å². The van der Waals surface area contributed by atoms with E-state index in [1.165, 1.54) is 13.0 Å². The van der Waals surface area contributed by atoms with Crippen LogP contribution in [0.3, 0.4) is 0 Å². The van der Waals surface area contributed by atoms with Crippen molar-refractivity contribution in [2.75, 3.05) is 0 Å². The maximum Gasteiger partial charge on any atom is 0.244 e. The first-order valence-electron chi connectivity index (χ1n) is 5.79. The van der Waals surface area contributed by atoms with Gasteiger partial charge in [0.25, 0.3) is 0 Å². The fourth-order valence-electron chi connectivity index (χ4n) is 1.40. The van der Waals surface area contributed by atoms with E-state index in [9.17, 15) is 9.59 Å². The highest BCUT2D eigenvalue weighted by molar-refractivity contribution is 5.88. The summed E-state index contributed by atoms with van der Waals surface area (Å²) < 4.78 is 0. The summed E-state index contributed by atoms with van der Waals surface area (Å²) in [4.78, 5) is 22.4. The molecule has 0 atom stereocenters. The highest BCUT2D eigenvalue weighted by Gasteiger charge is 2.17. The van der Waals surface area contributed by atoms with Gasteiger partial charge in [-0.15, -0.1) is 0 Å². The van der Waals surface area contributed by atoms with Crippen LogP contribution in [0.25, 0.3) is 0 Å². The van der Waals surface area contributed by atoms with Crippen LogP contribution in [0.2, 0.25) is 0 Å². The largest absolute Gasteiger partial charge is 0.351 e. The van der Waals surface area contributed by atoms with Gasteiger partial charge in [0.2, 0.25) is 11.8 Å². The molecule has 0 fully saturated rings. The zero-order chi connectivity index (χ0) is 13.7. The number of amides is 2. The molecule has 0 aliphatic carbocycles. The standard InChI is InChI=1S/C13H24N2O2/c1-10(16)14-13(5,6)9-7-8-11(17)15-12(2,3)4/h7-8H,9H2,1-6H3,(H,14,16)(H,15,17)/b8-7-. The zero-order valence-corrected chi connectivity index (χ0v) is 11.7. The predicted octanol–water partition coefficient (Wildman–Crippen LogP) is 1.76. The average molecular weight is 240 g/mol. The summed E-state index contributed by atoms with van der Waals surface area (Å²) in [7, 11) is 0. The van der Waals surface area contributed by atoms with E-state index in [2.05, 4.69) is 10.6 Å². The molecule has 4 heteroatoms. The van der Waals surface area contributed by atoms with Crippen LogP contribution in [0.4, 0.5) is 0 Å². The van der Waals surface area contributed by atoms with E-state index in [0.717, 1.165) is 0 Å². The van der Waals surface area contributed by atoms with Crippen LogP contribution in [0.1, 0.15) is 48.0 Å². The van der Waals surface area contributed by atoms with Crippen LogP contribution in [0.5, 0.6) is 0 Å². The summed E-state index contributed by atoms with van der Waals surface area (Å²) in [6.45, 7) is 11.1. The third kappa shape index (κ3) is 9.60. The quantitative estimate of drug-likeness (QED) is 0.736. The molecule has 0 saturated carbocycles. The Morgan fingerprint density at radius 3 is 2.00 bits per heavy atom. The van der Waals surface area contributed by atoms with Crippen molar-refractivity contribution in [2.45, 2.75) is 59.0 Å². The van der Waals surface area contributed by atoms with Crippen molar-refractivity contribution in [2.24, 2.45) is 0 Å². The van der Waals surface area contributed by atoms with Gasteiger partial charge in [-0.25, -0.2) is 0 Å². The second kappa shape index (κ2) is 5.84. The van der Waals surface area contributed by atoms with E-state index in [4.69, 9.17) is 0 Å². The summed E-state index contributed by atoms with van der Waals surface area (Å²) in [6.07, 6.45) is 3.90. The van der Waals surface area contributed by atoms with Gasteiger partial charge in [-0.1, -0.05) is 6.08 Å². The Labute approximate surface area is 104 Å². The number of carbonyl (C=O) groups is 2. The van der Waals surface area contributed by atoms with E-state index >= 15 is 0 Å². The van der Waals surface area contributed by atoms with Gasteiger partial charge in [0.15, 0.2) is 0 Å². The third-order valence-electron chi connectivity index (χ3n) is 1.91. The van der Waals surface area contributed by atoms with Crippen molar-refractivity contribution in [1.82, 2.24) is 10.6 Å². The van der Waals surface area contributed by atoms with Crippen LogP contribution in [0.15, 0.2) is 12.2 Å². The van der Waals surface area contributed by atoms with E-state index in [-0.39, 0.29) is 22.9 Å². The topological polar surface area (TPSA) is 58.2 Å². The normalized spacial score (nSPS) is 12.6. The molecule has 98 valence electrons. The molecule has 0 aliphatic rings. The maximum absolute atomic E-state index is 11.5.